The van der Waals surface area contributed by atoms with E-state index in [-0.39, 0.29) is 0 Å². The van der Waals surface area contributed by atoms with E-state index in [0.717, 1.165) is 12.0 Å². The van der Waals surface area contributed by atoms with Crippen LogP contribution in [0.25, 0.3) is 0 Å². The standard InChI is InChI=1S/C12H18O/c1-5-8(2)11-6-7-12(13)10(4)9(11)3/h6-8,13H,5H2,1-4H3. The average molecular weight is 178 g/mol. The molecule has 0 radical (unpaired) electrons. The lowest BCUT2D eigenvalue weighted by atomic mass is 9.91. The number of phenolic OH excluding ortho intramolecular Hbond substituents is 1. The average Bonchev–Trinajstić information content (AvgIpc) is 2.13. The number of hydrogen-bond acceptors (Lipinski definition) is 1. The molecule has 0 bridgehead atoms. The molecule has 1 aromatic carbocycles. The quantitative estimate of drug-likeness (QED) is 0.734. The van der Waals surface area contributed by atoms with Gasteiger partial charge in [0, 0.05) is 0 Å². The van der Waals surface area contributed by atoms with Crippen LogP contribution < -0.4 is 0 Å². The summed E-state index contributed by atoms with van der Waals surface area (Å²) in [5.41, 5.74) is 3.60. The van der Waals surface area contributed by atoms with Gasteiger partial charge in [0.2, 0.25) is 0 Å². The third-order valence-electron chi connectivity index (χ3n) is 2.94. The largest absolute Gasteiger partial charge is 0.508 e. The monoisotopic (exact) mass is 178 g/mol. The van der Waals surface area contributed by atoms with E-state index in [4.69, 9.17) is 0 Å². The van der Waals surface area contributed by atoms with E-state index in [1.54, 1.807) is 6.07 Å². The van der Waals surface area contributed by atoms with Gasteiger partial charge in [0.25, 0.3) is 0 Å². The van der Waals surface area contributed by atoms with Crippen molar-refractivity contribution in [3.8, 4) is 5.75 Å². The highest BCUT2D eigenvalue weighted by Crippen LogP contribution is 2.29. The van der Waals surface area contributed by atoms with Gasteiger partial charge in [0.1, 0.15) is 5.75 Å². The molecule has 0 aliphatic carbocycles. The Labute approximate surface area is 80.4 Å². The van der Waals surface area contributed by atoms with Crippen molar-refractivity contribution in [2.24, 2.45) is 0 Å². The van der Waals surface area contributed by atoms with Crippen LogP contribution in [0.3, 0.4) is 0 Å². The molecular weight excluding hydrogens is 160 g/mol. The lowest BCUT2D eigenvalue weighted by Crippen LogP contribution is -1.96. The number of rotatable bonds is 2. The maximum atomic E-state index is 9.48. The van der Waals surface area contributed by atoms with Crippen LogP contribution in [-0.2, 0) is 0 Å². The molecule has 72 valence electrons. The van der Waals surface area contributed by atoms with Crippen molar-refractivity contribution in [1.82, 2.24) is 0 Å². The van der Waals surface area contributed by atoms with Gasteiger partial charge in [0.05, 0.1) is 0 Å². The summed E-state index contributed by atoms with van der Waals surface area (Å²) < 4.78 is 0. The van der Waals surface area contributed by atoms with E-state index in [0.29, 0.717) is 11.7 Å². The van der Waals surface area contributed by atoms with Gasteiger partial charge >= 0.3 is 0 Å². The fourth-order valence-corrected chi connectivity index (χ4v) is 1.58. The second-order valence-electron chi connectivity index (χ2n) is 3.73. The molecule has 1 aromatic rings. The van der Waals surface area contributed by atoms with Crippen molar-refractivity contribution >= 4 is 0 Å². The normalized spacial score (nSPS) is 12.9. The second kappa shape index (κ2) is 3.82. The fraction of sp³-hybridized carbons (Fsp3) is 0.500. The Morgan fingerprint density at radius 1 is 1.23 bits per heavy atom. The zero-order valence-corrected chi connectivity index (χ0v) is 8.89. The van der Waals surface area contributed by atoms with Gasteiger partial charge in [-0.15, -0.1) is 0 Å². The summed E-state index contributed by atoms with van der Waals surface area (Å²) in [6, 6.07) is 3.83. The Kier molecular flexibility index (Phi) is 2.97. The van der Waals surface area contributed by atoms with Gasteiger partial charge < -0.3 is 5.11 Å². The molecule has 0 spiro atoms. The summed E-state index contributed by atoms with van der Waals surface area (Å²) in [4.78, 5) is 0. The molecule has 0 aromatic heterocycles. The third kappa shape index (κ3) is 1.85. The fourth-order valence-electron chi connectivity index (χ4n) is 1.58. The highest BCUT2D eigenvalue weighted by Gasteiger charge is 2.09. The van der Waals surface area contributed by atoms with Crippen LogP contribution >= 0.6 is 0 Å². The summed E-state index contributed by atoms with van der Waals surface area (Å²) in [5.74, 6) is 0.990. The molecule has 13 heavy (non-hydrogen) atoms. The lowest BCUT2D eigenvalue weighted by Gasteiger charge is -2.15. The predicted molar refractivity (Wildman–Crippen MR) is 56.3 cm³/mol. The molecule has 1 heteroatoms. The first-order valence-corrected chi connectivity index (χ1v) is 4.87. The van der Waals surface area contributed by atoms with Crippen LogP contribution in [0.2, 0.25) is 0 Å². The minimum atomic E-state index is 0.407. The van der Waals surface area contributed by atoms with E-state index in [1.807, 2.05) is 13.0 Å². The van der Waals surface area contributed by atoms with Crippen molar-refractivity contribution in [3.63, 3.8) is 0 Å². The van der Waals surface area contributed by atoms with Crippen molar-refractivity contribution in [2.75, 3.05) is 0 Å². The summed E-state index contributed by atoms with van der Waals surface area (Å²) in [6.07, 6.45) is 1.14. The van der Waals surface area contributed by atoms with Crippen molar-refractivity contribution in [3.05, 3.63) is 28.8 Å². The molecular formula is C12H18O. The summed E-state index contributed by atoms with van der Waals surface area (Å²) in [6.45, 7) is 8.46. The van der Waals surface area contributed by atoms with Crippen molar-refractivity contribution in [1.29, 1.82) is 0 Å². The molecule has 1 N–H and O–H groups in total. The highest BCUT2D eigenvalue weighted by atomic mass is 16.3. The number of phenols is 1. The maximum absolute atomic E-state index is 9.48. The van der Waals surface area contributed by atoms with E-state index in [2.05, 4.69) is 20.8 Å². The minimum Gasteiger partial charge on any atom is -0.508 e. The molecule has 0 aliphatic heterocycles. The molecule has 0 saturated carbocycles. The van der Waals surface area contributed by atoms with Gasteiger partial charge in [0.15, 0.2) is 0 Å². The molecule has 1 rings (SSSR count). The number of aromatic hydroxyl groups is 1. The van der Waals surface area contributed by atoms with Gasteiger partial charge in [-0.1, -0.05) is 19.9 Å². The van der Waals surface area contributed by atoms with E-state index in [9.17, 15) is 5.11 Å². The third-order valence-corrected chi connectivity index (χ3v) is 2.94. The second-order valence-corrected chi connectivity index (χ2v) is 3.73. The summed E-state index contributed by atoms with van der Waals surface area (Å²) in [5, 5.41) is 9.48. The van der Waals surface area contributed by atoms with Gasteiger partial charge in [-0.05, 0) is 48.9 Å². The van der Waals surface area contributed by atoms with Gasteiger partial charge in [-0.25, -0.2) is 0 Å². The topological polar surface area (TPSA) is 20.2 Å². The Bertz CT molecular complexity index is 302. The molecule has 0 fully saturated rings. The van der Waals surface area contributed by atoms with Crippen LogP contribution in [0.1, 0.15) is 42.9 Å². The minimum absolute atomic E-state index is 0.407. The summed E-state index contributed by atoms with van der Waals surface area (Å²) in [7, 11) is 0. The van der Waals surface area contributed by atoms with Crippen molar-refractivity contribution < 1.29 is 5.11 Å². The SMILES string of the molecule is CCC(C)c1ccc(O)c(C)c1C. The molecule has 1 atom stereocenters. The van der Waals surface area contributed by atoms with E-state index < -0.39 is 0 Å². The van der Waals surface area contributed by atoms with Crippen LogP contribution in [0.15, 0.2) is 12.1 Å². The van der Waals surface area contributed by atoms with Crippen LogP contribution in [0.5, 0.6) is 5.75 Å². The van der Waals surface area contributed by atoms with Crippen LogP contribution in [-0.4, -0.2) is 5.11 Å². The van der Waals surface area contributed by atoms with E-state index in [1.165, 1.54) is 11.1 Å². The summed E-state index contributed by atoms with van der Waals surface area (Å²) >= 11 is 0. The lowest BCUT2D eigenvalue weighted by molar-refractivity contribution is 0.470. The van der Waals surface area contributed by atoms with Crippen LogP contribution in [0, 0.1) is 13.8 Å². The first-order chi connectivity index (χ1) is 6.07. The van der Waals surface area contributed by atoms with Crippen LogP contribution in [0.4, 0.5) is 0 Å². The van der Waals surface area contributed by atoms with E-state index >= 15 is 0 Å². The molecule has 1 nitrogen and oxygen atoms in total. The van der Waals surface area contributed by atoms with Crippen molar-refractivity contribution in [2.45, 2.75) is 40.0 Å². The molecule has 1 unspecified atom stereocenters. The first-order valence-electron chi connectivity index (χ1n) is 4.87. The zero-order valence-electron chi connectivity index (χ0n) is 8.89. The molecule has 0 amide bonds. The Morgan fingerprint density at radius 2 is 1.85 bits per heavy atom. The Morgan fingerprint density at radius 3 is 2.38 bits per heavy atom. The number of benzene rings is 1. The number of hydrogen-bond donors (Lipinski definition) is 1. The predicted octanol–water partition coefficient (Wildman–Crippen LogP) is 3.52. The first kappa shape index (κ1) is 10.1. The maximum Gasteiger partial charge on any atom is 0.118 e. The van der Waals surface area contributed by atoms with Gasteiger partial charge in [-0.2, -0.15) is 0 Å². The highest BCUT2D eigenvalue weighted by molar-refractivity contribution is 5.43. The smallest absolute Gasteiger partial charge is 0.118 e. The molecule has 0 heterocycles. The molecule has 0 saturated heterocycles. The zero-order chi connectivity index (χ0) is 10.0. The Hall–Kier alpha value is -0.980. The van der Waals surface area contributed by atoms with Gasteiger partial charge in [-0.3, -0.25) is 0 Å². The molecule has 0 aliphatic rings. The Balaban J connectivity index is 3.18.